The molecule has 0 aliphatic carbocycles. The van der Waals surface area contributed by atoms with Gasteiger partial charge >= 0.3 is 5.97 Å². The first kappa shape index (κ1) is 77.8. The van der Waals surface area contributed by atoms with Crippen LogP contribution < -0.4 is 0 Å². The van der Waals surface area contributed by atoms with Crippen LogP contribution in [0.15, 0.2) is 273 Å². The van der Waals surface area contributed by atoms with Crippen LogP contribution in [0.25, 0.3) is 0 Å². The Bertz CT molecular complexity index is 3990. The van der Waals surface area contributed by atoms with E-state index >= 15 is 0 Å². The maximum Gasteiger partial charge on any atom is 0.303 e. The zero-order valence-electron chi connectivity index (χ0n) is 58.7. The Balaban J connectivity index is 0.979. The van der Waals surface area contributed by atoms with E-state index in [2.05, 4.69) is 0 Å². The molecule has 0 bridgehead atoms. The van der Waals surface area contributed by atoms with Gasteiger partial charge in [-0.3, -0.25) is 10.2 Å². The number of esters is 1. The summed E-state index contributed by atoms with van der Waals surface area (Å²) in [4.78, 5) is 14.0. The van der Waals surface area contributed by atoms with E-state index in [4.69, 9.17) is 116 Å². The van der Waals surface area contributed by atoms with Gasteiger partial charge in [0.25, 0.3) is 3.79 Å². The molecule has 9 aromatic carbocycles. The number of ether oxygens (including phenoxy) is 16. The average Bonchev–Trinajstić information content (AvgIpc) is 0.757. The minimum absolute atomic E-state index is 0.0358. The maximum atomic E-state index is 14.0. The molecule has 0 saturated carbocycles. The van der Waals surface area contributed by atoms with Crippen LogP contribution in [0.1, 0.15) is 57.0 Å². The molecule has 15 atom stereocenters. The molecule has 21 heteroatoms. The Morgan fingerprint density at radius 2 is 0.557 bits per heavy atom. The second kappa shape index (κ2) is 40.4. The zero-order valence-corrected chi connectivity index (χ0v) is 61.0. The van der Waals surface area contributed by atoms with Gasteiger partial charge < -0.3 is 75.8 Å². The standard InChI is InChI=1S/C85H88Cl3NO17/c1-59(90)101-80-77(98-54-67-43-25-9-26-44-67)73(94-50-63-35-17-5-18-36-63)70(57-92-48-61-31-13-3-14-32-61)103-83(80)105-79-76(97-53-66-41-23-8-24-42-66)72(93-49-62-33-15-4-16-34-62)69(56-91-47-60-29-11-2-12-30-60)102-81(79)100-58-71-74(95-51-64-37-19-6-20-38-64)75(96-52-65-39-21-7-22-40-65)78(99-55-68-45-27-10-28-46-68)82(104-71)106-84(89)85(86,87)88/h2-46,69-83,89H,47-58H2,1H3. The summed E-state index contributed by atoms with van der Waals surface area (Å²) in [5, 5.41) is 9.06. The van der Waals surface area contributed by atoms with Crippen molar-refractivity contribution in [3.8, 4) is 0 Å². The molecule has 3 saturated heterocycles. The van der Waals surface area contributed by atoms with Gasteiger partial charge in [0.05, 0.1) is 79.3 Å². The topological polar surface area (TPSA) is 189 Å². The third-order valence-electron chi connectivity index (χ3n) is 18.1. The second-order valence-electron chi connectivity index (χ2n) is 25.9. The number of rotatable bonds is 36. The number of carbonyl (C=O) groups is 1. The Hall–Kier alpha value is -7.77. The molecular formula is C85H88Cl3NO17. The quantitative estimate of drug-likeness (QED) is 0.0169. The van der Waals surface area contributed by atoms with Crippen LogP contribution in [0.2, 0.25) is 0 Å². The molecule has 556 valence electrons. The van der Waals surface area contributed by atoms with E-state index in [9.17, 15) is 4.79 Å². The normalized spacial score (nSPS) is 24.6. The Morgan fingerprint density at radius 3 is 0.868 bits per heavy atom. The van der Waals surface area contributed by atoms with Crippen molar-refractivity contribution in [3.05, 3.63) is 323 Å². The molecular weight excluding hydrogens is 1410 g/mol. The van der Waals surface area contributed by atoms with Crippen molar-refractivity contribution < 1.29 is 80.6 Å². The van der Waals surface area contributed by atoms with Gasteiger partial charge in [-0.2, -0.15) is 0 Å². The van der Waals surface area contributed by atoms with E-state index in [1.165, 1.54) is 6.92 Å². The molecule has 15 unspecified atom stereocenters. The molecule has 12 rings (SSSR count). The van der Waals surface area contributed by atoms with E-state index in [0.29, 0.717) is 0 Å². The molecule has 3 aliphatic heterocycles. The van der Waals surface area contributed by atoms with Crippen molar-refractivity contribution in [2.75, 3.05) is 19.8 Å². The molecule has 3 fully saturated rings. The molecule has 0 spiro atoms. The summed E-state index contributed by atoms with van der Waals surface area (Å²) in [5.74, 6) is -1.41. The van der Waals surface area contributed by atoms with Crippen LogP contribution in [0, 0.1) is 5.41 Å². The number of nitrogens with one attached hydrogen (secondary N) is 1. The van der Waals surface area contributed by atoms with Crippen molar-refractivity contribution in [1.29, 1.82) is 5.41 Å². The van der Waals surface area contributed by atoms with Crippen LogP contribution in [-0.4, -0.2) is 128 Å². The van der Waals surface area contributed by atoms with Crippen LogP contribution in [0.4, 0.5) is 0 Å². The van der Waals surface area contributed by atoms with Gasteiger partial charge in [-0.15, -0.1) is 0 Å². The summed E-state index contributed by atoms with van der Waals surface area (Å²) in [7, 11) is 0. The van der Waals surface area contributed by atoms with Crippen molar-refractivity contribution in [3.63, 3.8) is 0 Å². The highest BCUT2D eigenvalue weighted by Crippen LogP contribution is 2.40. The predicted octanol–water partition coefficient (Wildman–Crippen LogP) is 15.4. The highest BCUT2D eigenvalue weighted by Gasteiger charge is 2.57. The fraction of sp³-hybridized carbons (Fsp3) is 0.341. The smallest absolute Gasteiger partial charge is 0.303 e. The number of carbonyl (C=O) groups excluding carboxylic acids is 1. The van der Waals surface area contributed by atoms with Crippen LogP contribution in [-0.2, 0) is 140 Å². The maximum absolute atomic E-state index is 14.0. The van der Waals surface area contributed by atoms with Crippen molar-refractivity contribution in [2.24, 2.45) is 0 Å². The lowest BCUT2D eigenvalue weighted by Gasteiger charge is -2.50. The van der Waals surface area contributed by atoms with Gasteiger partial charge in [0.2, 0.25) is 12.2 Å². The lowest BCUT2D eigenvalue weighted by Crippen LogP contribution is -2.67. The van der Waals surface area contributed by atoms with Gasteiger partial charge in [0, 0.05) is 6.92 Å². The lowest BCUT2D eigenvalue weighted by molar-refractivity contribution is -0.384. The summed E-state index contributed by atoms with van der Waals surface area (Å²) < 4.78 is 110. The predicted molar refractivity (Wildman–Crippen MR) is 399 cm³/mol. The first-order valence-corrected chi connectivity index (χ1v) is 36.6. The van der Waals surface area contributed by atoms with E-state index in [1.807, 2.05) is 273 Å². The van der Waals surface area contributed by atoms with Crippen molar-refractivity contribution >= 4 is 46.7 Å². The summed E-state index contributed by atoms with van der Waals surface area (Å²) in [6, 6.07) is 87.2. The van der Waals surface area contributed by atoms with E-state index < -0.39 is 108 Å². The molecule has 0 aromatic heterocycles. The summed E-state index contributed by atoms with van der Waals surface area (Å²) >= 11 is 19.4. The SMILES string of the molecule is CC(=O)OC1C(OC2C(OCC3OC(OC(=N)C(Cl)(Cl)Cl)C(OCc4ccccc4)C(OCc4ccccc4)C3OCc3ccccc3)OC(COCc3ccccc3)C(OCc3ccccc3)C2OCc2ccccc2)OC(COCc2ccccc2)C(OCc2ccccc2)C1OCc1ccccc1. The van der Waals surface area contributed by atoms with Crippen LogP contribution in [0.3, 0.4) is 0 Å². The number of benzene rings is 9. The number of halogens is 3. The highest BCUT2D eigenvalue weighted by molar-refractivity contribution is 6.76. The number of alkyl halides is 3. The third kappa shape index (κ3) is 23.1. The summed E-state index contributed by atoms with van der Waals surface area (Å²) in [6.07, 6.45) is -17.9. The van der Waals surface area contributed by atoms with Crippen molar-refractivity contribution in [2.45, 2.75) is 162 Å². The zero-order chi connectivity index (χ0) is 73.1. The third-order valence-corrected chi connectivity index (χ3v) is 18.6. The number of hydrogen-bond donors (Lipinski definition) is 1. The van der Waals surface area contributed by atoms with E-state index in [0.717, 1.165) is 50.1 Å². The molecule has 18 nitrogen and oxygen atoms in total. The highest BCUT2D eigenvalue weighted by atomic mass is 35.6. The monoisotopic (exact) mass is 1500 g/mol. The summed E-state index contributed by atoms with van der Waals surface area (Å²) in [6.45, 7) is 1.76. The lowest BCUT2D eigenvalue weighted by atomic mass is 9.95. The van der Waals surface area contributed by atoms with Gasteiger partial charge in [-0.1, -0.05) is 308 Å². The van der Waals surface area contributed by atoms with Gasteiger partial charge in [-0.25, -0.2) is 0 Å². The van der Waals surface area contributed by atoms with Gasteiger partial charge in [0.15, 0.2) is 18.7 Å². The number of hydrogen-bond acceptors (Lipinski definition) is 18. The minimum atomic E-state index is -2.34. The van der Waals surface area contributed by atoms with Crippen molar-refractivity contribution in [1.82, 2.24) is 0 Å². The molecule has 3 aliphatic rings. The fourth-order valence-corrected chi connectivity index (χ4v) is 12.9. The Morgan fingerprint density at radius 1 is 0.302 bits per heavy atom. The molecule has 9 aromatic rings. The van der Waals surface area contributed by atoms with Gasteiger partial charge in [0.1, 0.15) is 67.1 Å². The molecule has 0 radical (unpaired) electrons. The Labute approximate surface area is 634 Å². The average molecular weight is 1500 g/mol. The first-order chi connectivity index (χ1) is 51.9. The molecule has 3 heterocycles. The fourth-order valence-electron chi connectivity index (χ4n) is 12.8. The first-order valence-electron chi connectivity index (χ1n) is 35.5. The molecule has 1 N–H and O–H groups in total. The molecule has 0 amide bonds. The van der Waals surface area contributed by atoms with Crippen LogP contribution in [0.5, 0.6) is 0 Å². The Kier molecular flexibility index (Phi) is 29.7. The largest absolute Gasteiger partial charge is 0.454 e. The second-order valence-corrected chi connectivity index (χ2v) is 28.2. The van der Waals surface area contributed by atoms with Gasteiger partial charge in [-0.05, 0) is 50.1 Å². The van der Waals surface area contributed by atoms with Crippen LogP contribution >= 0.6 is 34.8 Å². The summed E-state index contributed by atoms with van der Waals surface area (Å²) in [5.41, 5.74) is 7.72. The minimum Gasteiger partial charge on any atom is -0.454 e. The van der Waals surface area contributed by atoms with E-state index in [1.54, 1.807) is 0 Å². The molecule has 106 heavy (non-hydrogen) atoms. The van der Waals surface area contributed by atoms with E-state index in [-0.39, 0.29) is 79.3 Å².